The van der Waals surface area contributed by atoms with E-state index in [4.69, 9.17) is 14.2 Å². The summed E-state index contributed by atoms with van der Waals surface area (Å²) in [6, 6.07) is 6.32. The summed E-state index contributed by atoms with van der Waals surface area (Å²) in [6.45, 7) is 3.45. The number of methoxy groups -OCH3 is 2. The number of nitrogens with zero attached hydrogens (tertiary/aromatic N) is 1. The highest BCUT2D eigenvalue weighted by Crippen LogP contribution is 2.31. The van der Waals surface area contributed by atoms with Gasteiger partial charge in [-0.05, 0) is 69.3 Å². The molecule has 2 aliphatic rings. The Bertz CT molecular complexity index is 752. The van der Waals surface area contributed by atoms with Crippen molar-refractivity contribution in [3.05, 3.63) is 23.8 Å². The van der Waals surface area contributed by atoms with Crippen molar-refractivity contribution < 1.29 is 23.8 Å². The van der Waals surface area contributed by atoms with Gasteiger partial charge >= 0.3 is 5.97 Å². The lowest BCUT2D eigenvalue weighted by atomic mass is 9.84. The molecule has 3 rings (SSSR count). The SMILES string of the molecule is COc1ccc(CCNC(=O)CCCC(=O)OC[C@H]2CCCN3CCCC[C@H]23)cc1OC. The molecule has 0 aromatic heterocycles. The molecule has 2 atom stereocenters. The molecular weight excluding hydrogens is 408 g/mol. The number of carbonyl (C=O) groups is 2. The van der Waals surface area contributed by atoms with Gasteiger partial charge < -0.3 is 19.5 Å². The van der Waals surface area contributed by atoms with Crippen LogP contribution in [0.5, 0.6) is 11.5 Å². The molecule has 2 heterocycles. The Morgan fingerprint density at radius 3 is 2.66 bits per heavy atom. The predicted molar refractivity (Wildman–Crippen MR) is 123 cm³/mol. The minimum atomic E-state index is -0.184. The van der Waals surface area contributed by atoms with Gasteiger partial charge in [0.2, 0.25) is 5.91 Å². The second-order valence-corrected chi connectivity index (χ2v) is 8.83. The number of carbonyl (C=O) groups excluding carboxylic acids is 2. The Kier molecular flexibility index (Phi) is 9.65. The maximum absolute atomic E-state index is 12.1. The van der Waals surface area contributed by atoms with Gasteiger partial charge in [0.1, 0.15) is 0 Å². The van der Waals surface area contributed by atoms with Crippen LogP contribution in [0.15, 0.2) is 18.2 Å². The molecule has 1 amide bonds. The second-order valence-electron chi connectivity index (χ2n) is 8.83. The summed E-state index contributed by atoms with van der Waals surface area (Å²) in [5, 5.41) is 2.92. The topological polar surface area (TPSA) is 77.1 Å². The molecule has 1 aromatic rings. The first kappa shape index (κ1) is 24.4. The third-order valence-electron chi connectivity index (χ3n) is 6.66. The van der Waals surface area contributed by atoms with Crippen molar-refractivity contribution in [2.24, 2.45) is 5.92 Å². The maximum Gasteiger partial charge on any atom is 0.305 e. The normalized spacial score (nSPS) is 20.8. The zero-order chi connectivity index (χ0) is 22.8. The van der Waals surface area contributed by atoms with Gasteiger partial charge in [-0.2, -0.15) is 0 Å². The maximum atomic E-state index is 12.1. The fraction of sp³-hybridized carbons (Fsp3) is 0.680. The van der Waals surface area contributed by atoms with Gasteiger partial charge in [0.15, 0.2) is 11.5 Å². The highest BCUT2D eigenvalue weighted by Gasteiger charge is 2.33. The van der Waals surface area contributed by atoms with Crippen LogP contribution in [0.1, 0.15) is 56.9 Å². The van der Waals surface area contributed by atoms with Crippen molar-refractivity contribution in [1.82, 2.24) is 10.2 Å². The number of benzene rings is 1. The van der Waals surface area contributed by atoms with E-state index in [0.717, 1.165) is 12.0 Å². The second kappa shape index (κ2) is 12.7. The van der Waals surface area contributed by atoms with Crippen molar-refractivity contribution in [2.45, 2.75) is 63.8 Å². The molecule has 0 spiro atoms. The molecule has 1 aromatic carbocycles. The molecule has 7 heteroatoms. The molecule has 1 N–H and O–H groups in total. The number of fused-ring (bicyclic) bond motifs is 1. The van der Waals surface area contributed by atoms with Crippen LogP contribution in [0.3, 0.4) is 0 Å². The highest BCUT2D eigenvalue weighted by atomic mass is 16.5. The first-order valence-electron chi connectivity index (χ1n) is 12.0. The van der Waals surface area contributed by atoms with E-state index in [1.165, 1.54) is 38.8 Å². The molecule has 7 nitrogen and oxygen atoms in total. The van der Waals surface area contributed by atoms with Crippen LogP contribution < -0.4 is 14.8 Å². The number of hydrogen-bond donors (Lipinski definition) is 1. The Hall–Kier alpha value is -2.28. The lowest BCUT2D eigenvalue weighted by molar-refractivity contribution is -0.146. The minimum absolute atomic E-state index is 0.0385. The van der Waals surface area contributed by atoms with Crippen molar-refractivity contribution >= 4 is 11.9 Å². The summed E-state index contributed by atoms with van der Waals surface area (Å²) in [6.07, 6.45) is 8.00. The largest absolute Gasteiger partial charge is 0.493 e. The summed E-state index contributed by atoms with van der Waals surface area (Å²) >= 11 is 0. The first-order chi connectivity index (χ1) is 15.6. The van der Waals surface area contributed by atoms with E-state index in [1.807, 2.05) is 18.2 Å². The van der Waals surface area contributed by atoms with Gasteiger partial charge in [0.25, 0.3) is 0 Å². The number of amides is 1. The molecule has 0 radical (unpaired) electrons. The van der Waals surface area contributed by atoms with E-state index >= 15 is 0 Å². The van der Waals surface area contributed by atoms with E-state index in [1.54, 1.807) is 14.2 Å². The predicted octanol–water partition coefficient (Wildman–Crippen LogP) is 3.34. The molecule has 0 unspecified atom stereocenters. The highest BCUT2D eigenvalue weighted by molar-refractivity contribution is 5.77. The summed E-state index contributed by atoms with van der Waals surface area (Å²) in [4.78, 5) is 26.8. The fourth-order valence-electron chi connectivity index (χ4n) is 4.91. The first-order valence-corrected chi connectivity index (χ1v) is 12.0. The molecule has 0 bridgehead atoms. The van der Waals surface area contributed by atoms with Gasteiger partial charge in [0.05, 0.1) is 20.8 Å². The Morgan fingerprint density at radius 1 is 1.03 bits per heavy atom. The Morgan fingerprint density at radius 2 is 1.84 bits per heavy atom. The van der Waals surface area contributed by atoms with E-state index < -0.39 is 0 Å². The van der Waals surface area contributed by atoms with Crippen LogP contribution in [0.4, 0.5) is 0 Å². The zero-order valence-corrected chi connectivity index (χ0v) is 19.6. The van der Waals surface area contributed by atoms with E-state index in [2.05, 4.69) is 10.2 Å². The number of hydrogen-bond acceptors (Lipinski definition) is 6. The molecule has 32 heavy (non-hydrogen) atoms. The van der Waals surface area contributed by atoms with Crippen LogP contribution in [-0.2, 0) is 20.7 Å². The van der Waals surface area contributed by atoms with E-state index in [9.17, 15) is 9.59 Å². The monoisotopic (exact) mass is 446 g/mol. The molecule has 0 saturated carbocycles. The molecule has 2 saturated heterocycles. The third kappa shape index (κ3) is 7.12. The molecule has 2 fully saturated rings. The van der Waals surface area contributed by atoms with E-state index in [-0.39, 0.29) is 11.9 Å². The van der Waals surface area contributed by atoms with Crippen molar-refractivity contribution in [2.75, 3.05) is 40.5 Å². The van der Waals surface area contributed by atoms with Crippen molar-refractivity contribution in [3.63, 3.8) is 0 Å². The van der Waals surface area contributed by atoms with Crippen LogP contribution in [-0.4, -0.2) is 63.3 Å². The molecular formula is C25H38N2O5. The van der Waals surface area contributed by atoms with Gasteiger partial charge in [-0.3, -0.25) is 14.5 Å². The standard InChI is InChI=1S/C25H38N2O5/c1-30-22-12-11-19(17-23(22)31-2)13-14-26-24(28)9-5-10-25(29)32-18-20-7-6-16-27-15-4-3-8-21(20)27/h11-12,17,20-21H,3-10,13-16,18H2,1-2H3,(H,26,28)/t20-,21-/m1/s1. The van der Waals surface area contributed by atoms with Crippen LogP contribution in [0.2, 0.25) is 0 Å². The Labute approximate surface area is 191 Å². The van der Waals surface area contributed by atoms with Crippen molar-refractivity contribution in [1.29, 1.82) is 0 Å². The molecule has 2 aliphatic heterocycles. The van der Waals surface area contributed by atoms with Gasteiger partial charge in [0, 0.05) is 31.3 Å². The third-order valence-corrected chi connectivity index (χ3v) is 6.66. The lowest BCUT2D eigenvalue weighted by Gasteiger charge is -2.44. The molecule has 178 valence electrons. The minimum Gasteiger partial charge on any atom is -0.493 e. The number of piperidine rings is 2. The van der Waals surface area contributed by atoms with Gasteiger partial charge in [-0.15, -0.1) is 0 Å². The number of esters is 1. The van der Waals surface area contributed by atoms with Crippen LogP contribution in [0.25, 0.3) is 0 Å². The number of nitrogens with one attached hydrogen (secondary N) is 1. The fourth-order valence-corrected chi connectivity index (χ4v) is 4.91. The summed E-state index contributed by atoms with van der Waals surface area (Å²) in [7, 11) is 3.21. The van der Waals surface area contributed by atoms with Crippen LogP contribution >= 0.6 is 0 Å². The average molecular weight is 447 g/mol. The van der Waals surface area contributed by atoms with Gasteiger partial charge in [-0.25, -0.2) is 0 Å². The summed E-state index contributed by atoms with van der Waals surface area (Å²) in [5.41, 5.74) is 1.06. The van der Waals surface area contributed by atoms with Gasteiger partial charge in [-0.1, -0.05) is 12.5 Å². The lowest BCUT2D eigenvalue weighted by Crippen LogP contribution is -2.49. The van der Waals surface area contributed by atoms with Crippen molar-refractivity contribution in [3.8, 4) is 11.5 Å². The smallest absolute Gasteiger partial charge is 0.305 e. The van der Waals surface area contributed by atoms with Crippen LogP contribution in [0, 0.1) is 5.92 Å². The van der Waals surface area contributed by atoms with E-state index in [0.29, 0.717) is 62.3 Å². The zero-order valence-electron chi connectivity index (χ0n) is 19.6. The molecule has 0 aliphatic carbocycles. The number of rotatable bonds is 11. The summed E-state index contributed by atoms with van der Waals surface area (Å²) in [5.74, 6) is 1.61. The average Bonchev–Trinajstić information content (AvgIpc) is 2.82. The Balaban J connectivity index is 1.28. The number of ether oxygens (including phenoxy) is 3. The quantitative estimate of drug-likeness (QED) is 0.526. The summed E-state index contributed by atoms with van der Waals surface area (Å²) < 4.78 is 16.1.